The number of hydrogen-bond donors (Lipinski definition) is 1. The maximum absolute atomic E-state index is 11.0. The Morgan fingerprint density at radius 1 is 1.67 bits per heavy atom. The third kappa shape index (κ3) is 1.89. The van der Waals surface area contributed by atoms with Gasteiger partial charge in [-0.05, 0) is 12.5 Å². The topological polar surface area (TPSA) is 52.3 Å². The lowest BCUT2D eigenvalue weighted by molar-refractivity contribution is 0.0605. The summed E-state index contributed by atoms with van der Waals surface area (Å²) in [6, 6.07) is 0. The first kappa shape index (κ1) is 11.3. The van der Waals surface area contributed by atoms with Gasteiger partial charge in [0.25, 0.3) is 0 Å². The van der Waals surface area contributed by atoms with Crippen LogP contribution >= 0.6 is 23.7 Å². The van der Waals surface area contributed by atoms with Crippen molar-refractivity contribution in [3.8, 4) is 0 Å². The lowest BCUT2D eigenvalue weighted by Crippen LogP contribution is -2.00. The number of thiophene rings is 1. The number of methoxy groups -OCH3 is 1. The highest BCUT2D eigenvalue weighted by Crippen LogP contribution is 2.23. The molecular formula is C7H10ClNO2S. The van der Waals surface area contributed by atoms with Crippen molar-refractivity contribution in [1.29, 1.82) is 0 Å². The molecule has 0 atom stereocenters. The Bertz CT molecular complexity index is 285. The quantitative estimate of drug-likeness (QED) is 0.716. The fraction of sp³-hybridized carbons (Fsp3) is 0.286. The number of hydrogen-bond acceptors (Lipinski definition) is 4. The average Bonchev–Trinajstić information content (AvgIpc) is 2.32. The molecule has 0 amide bonds. The van der Waals surface area contributed by atoms with Crippen LogP contribution in [0.2, 0.25) is 0 Å². The number of carbonyl (C=O) groups excluding carboxylic acids is 1. The van der Waals surface area contributed by atoms with Crippen molar-refractivity contribution in [1.82, 2.24) is 0 Å². The molecule has 0 aliphatic carbocycles. The van der Waals surface area contributed by atoms with Crippen LogP contribution in [0.25, 0.3) is 0 Å². The van der Waals surface area contributed by atoms with E-state index in [0.717, 1.165) is 5.56 Å². The Labute approximate surface area is 80.9 Å². The third-order valence-electron chi connectivity index (χ3n) is 1.45. The van der Waals surface area contributed by atoms with E-state index in [2.05, 4.69) is 4.74 Å². The fourth-order valence-electron chi connectivity index (χ4n) is 0.724. The van der Waals surface area contributed by atoms with E-state index in [1.165, 1.54) is 18.4 Å². The molecule has 0 spiro atoms. The number of halogens is 1. The van der Waals surface area contributed by atoms with Gasteiger partial charge in [0.2, 0.25) is 0 Å². The summed E-state index contributed by atoms with van der Waals surface area (Å²) in [5.74, 6) is -0.316. The number of nitrogens with two attached hydrogens (primary N) is 1. The summed E-state index contributed by atoms with van der Waals surface area (Å²) in [7, 11) is 1.36. The molecule has 5 heteroatoms. The highest BCUT2D eigenvalue weighted by atomic mass is 35.5. The first-order valence-electron chi connectivity index (χ1n) is 3.08. The van der Waals surface area contributed by atoms with Crippen LogP contribution in [0.15, 0.2) is 5.38 Å². The van der Waals surface area contributed by atoms with E-state index in [4.69, 9.17) is 5.73 Å². The molecular weight excluding hydrogens is 198 g/mol. The molecule has 0 fully saturated rings. The van der Waals surface area contributed by atoms with Crippen molar-refractivity contribution >= 4 is 35.4 Å². The molecule has 0 aliphatic rings. The molecule has 0 aliphatic heterocycles. The highest BCUT2D eigenvalue weighted by Gasteiger charge is 2.12. The lowest BCUT2D eigenvalue weighted by Gasteiger charge is -1.95. The SMILES string of the molecule is COC(=O)c1scc(N)c1C.Cl. The van der Waals surface area contributed by atoms with Crippen LogP contribution in [0, 0.1) is 6.92 Å². The summed E-state index contributed by atoms with van der Waals surface area (Å²) >= 11 is 1.31. The predicted octanol–water partition coefficient (Wildman–Crippen LogP) is 1.85. The minimum Gasteiger partial charge on any atom is -0.465 e. The second-order valence-corrected chi connectivity index (χ2v) is 3.02. The molecule has 0 saturated heterocycles. The Morgan fingerprint density at radius 3 is 2.58 bits per heavy atom. The minimum absolute atomic E-state index is 0. The zero-order valence-electron chi connectivity index (χ0n) is 6.79. The molecule has 1 heterocycles. The Morgan fingerprint density at radius 2 is 2.25 bits per heavy atom. The summed E-state index contributed by atoms with van der Waals surface area (Å²) in [5, 5.41) is 1.74. The number of nitrogen functional groups attached to an aromatic ring is 1. The van der Waals surface area contributed by atoms with Gasteiger partial charge in [0, 0.05) is 11.1 Å². The number of carbonyl (C=O) groups is 1. The normalized spacial score (nSPS) is 8.83. The van der Waals surface area contributed by atoms with Crippen molar-refractivity contribution in [2.45, 2.75) is 6.92 Å². The van der Waals surface area contributed by atoms with Gasteiger partial charge >= 0.3 is 5.97 Å². The van der Waals surface area contributed by atoms with Gasteiger partial charge in [-0.15, -0.1) is 23.7 Å². The Balaban J connectivity index is 0.00000121. The lowest BCUT2D eigenvalue weighted by atomic mass is 10.2. The van der Waals surface area contributed by atoms with Gasteiger partial charge in [-0.2, -0.15) is 0 Å². The van der Waals surface area contributed by atoms with Gasteiger partial charge in [0.1, 0.15) is 4.88 Å². The first-order chi connectivity index (χ1) is 5.16. The van der Waals surface area contributed by atoms with E-state index >= 15 is 0 Å². The van der Waals surface area contributed by atoms with Crippen LogP contribution in [0.4, 0.5) is 5.69 Å². The van der Waals surface area contributed by atoms with E-state index < -0.39 is 0 Å². The molecule has 0 saturated carbocycles. The zero-order chi connectivity index (χ0) is 8.43. The molecule has 0 radical (unpaired) electrons. The maximum Gasteiger partial charge on any atom is 0.348 e. The Kier molecular flexibility index (Phi) is 4.06. The van der Waals surface area contributed by atoms with Crippen molar-refractivity contribution in [3.05, 3.63) is 15.8 Å². The second-order valence-electron chi connectivity index (χ2n) is 2.14. The second kappa shape index (κ2) is 4.33. The molecule has 3 nitrogen and oxygen atoms in total. The van der Waals surface area contributed by atoms with Gasteiger partial charge in [-0.25, -0.2) is 4.79 Å². The van der Waals surface area contributed by atoms with Crippen molar-refractivity contribution in [2.24, 2.45) is 0 Å². The molecule has 68 valence electrons. The molecule has 0 aromatic carbocycles. The number of rotatable bonds is 1. The van der Waals surface area contributed by atoms with Crippen LogP contribution in [-0.4, -0.2) is 13.1 Å². The molecule has 0 unspecified atom stereocenters. The van der Waals surface area contributed by atoms with Gasteiger partial charge in [-0.1, -0.05) is 0 Å². The van der Waals surface area contributed by atoms with Gasteiger partial charge < -0.3 is 10.5 Å². The summed E-state index contributed by atoms with van der Waals surface area (Å²) in [4.78, 5) is 11.6. The van der Waals surface area contributed by atoms with Crippen molar-refractivity contribution in [3.63, 3.8) is 0 Å². The van der Waals surface area contributed by atoms with Crippen LogP contribution in [0.5, 0.6) is 0 Å². The largest absolute Gasteiger partial charge is 0.465 e. The van der Waals surface area contributed by atoms with Crippen molar-refractivity contribution < 1.29 is 9.53 Å². The van der Waals surface area contributed by atoms with Gasteiger partial charge in [0.05, 0.1) is 7.11 Å². The highest BCUT2D eigenvalue weighted by molar-refractivity contribution is 7.12. The van der Waals surface area contributed by atoms with Crippen LogP contribution in [0.3, 0.4) is 0 Å². The van der Waals surface area contributed by atoms with Crippen LogP contribution in [0.1, 0.15) is 15.2 Å². The fourth-order valence-corrected chi connectivity index (χ4v) is 1.62. The van der Waals surface area contributed by atoms with E-state index in [1.54, 1.807) is 12.3 Å². The monoisotopic (exact) mass is 207 g/mol. The molecule has 0 bridgehead atoms. The predicted molar refractivity (Wildman–Crippen MR) is 52.1 cm³/mol. The Hall–Kier alpha value is -0.740. The summed E-state index contributed by atoms with van der Waals surface area (Å²) in [5.41, 5.74) is 6.99. The van der Waals surface area contributed by atoms with E-state index in [-0.39, 0.29) is 18.4 Å². The number of ether oxygens (including phenoxy) is 1. The van der Waals surface area contributed by atoms with Crippen LogP contribution < -0.4 is 5.73 Å². The molecule has 1 aromatic heterocycles. The van der Waals surface area contributed by atoms with E-state index in [1.807, 2.05) is 0 Å². The maximum atomic E-state index is 11.0. The molecule has 1 aromatic rings. The standard InChI is InChI=1S/C7H9NO2S.ClH/c1-4-5(8)3-11-6(4)7(9)10-2;/h3H,8H2,1-2H3;1H. The number of anilines is 1. The van der Waals surface area contributed by atoms with Gasteiger partial charge in [0.15, 0.2) is 0 Å². The average molecular weight is 208 g/mol. The summed E-state index contributed by atoms with van der Waals surface area (Å²) in [6.07, 6.45) is 0. The summed E-state index contributed by atoms with van der Waals surface area (Å²) in [6.45, 7) is 1.80. The molecule has 2 N–H and O–H groups in total. The first-order valence-corrected chi connectivity index (χ1v) is 3.96. The van der Waals surface area contributed by atoms with E-state index in [9.17, 15) is 4.79 Å². The van der Waals surface area contributed by atoms with Gasteiger partial charge in [-0.3, -0.25) is 0 Å². The molecule has 12 heavy (non-hydrogen) atoms. The minimum atomic E-state index is -0.316. The van der Waals surface area contributed by atoms with Crippen LogP contribution in [-0.2, 0) is 4.74 Å². The number of esters is 1. The summed E-state index contributed by atoms with van der Waals surface area (Å²) < 4.78 is 4.55. The van der Waals surface area contributed by atoms with Crippen molar-refractivity contribution in [2.75, 3.05) is 12.8 Å². The smallest absolute Gasteiger partial charge is 0.348 e. The third-order valence-corrected chi connectivity index (χ3v) is 2.53. The molecule has 1 rings (SSSR count). The zero-order valence-corrected chi connectivity index (χ0v) is 8.42. The van der Waals surface area contributed by atoms with E-state index in [0.29, 0.717) is 10.6 Å².